The van der Waals surface area contributed by atoms with Gasteiger partial charge in [0.15, 0.2) is 0 Å². The number of benzene rings is 1. The summed E-state index contributed by atoms with van der Waals surface area (Å²) in [5.74, 6) is 7.04. The molecule has 1 rings (SSSR count). The van der Waals surface area contributed by atoms with Crippen molar-refractivity contribution in [1.82, 2.24) is 0 Å². The first kappa shape index (κ1) is 11.2. The molecular formula is C13H16S. The highest BCUT2D eigenvalue weighted by Gasteiger charge is 1.91. The Morgan fingerprint density at radius 3 is 2.79 bits per heavy atom. The summed E-state index contributed by atoms with van der Waals surface area (Å²) in [7, 11) is 0. The van der Waals surface area contributed by atoms with Gasteiger partial charge >= 0.3 is 0 Å². The maximum Gasteiger partial charge on any atom is 0.0256 e. The molecule has 0 amide bonds. The topological polar surface area (TPSA) is 0 Å². The van der Waals surface area contributed by atoms with Crippen LogP contribution < -0.4 is 0 Å². The summed E-state index contributed by atoms with van der Waals surface area (Å²) < 4.78 is 0. The lowest BCUT2D eigenvalue weighted by molar-refractivity contribution is 0.676. The summed E-state index contributed by atoms with van der Waals surface area (Å²) in [5, 5.41) is 0. The molecule has 0 N–H and O–H groups in total. The molecule has 0 bridgehead atoms. The van der Waals surface area contributed by atoms with E-state index in [1.165, 1.54) is 4.90 Å². The van der Waals surface area contributed by atoms with Crippen molar-refractivity contribution in [2.24, 2.45) is 5.92 Å². The highest BCUT2D eigenvalue weighted by Crippen LogP contribution is 2.15. The van der Waals surface area contributed by atoms with E-state index in [9.17, 15) is 0 Å². The van der Waals surface area contributed by atoms with Crippen LogP contribution in [0.2, 0.25) is 0 Å². The second-order valence-electron chi connectivity index (χ2n) is 3.63. The molecule has 0 aliphatic heterocycles. The van der Waals surface area contributed by atoms with Gasteiger partial charge in [0.25, 0.3) is 0 Å². The fraction of sp³-hybridized carbons (Fsp3) is 0.385. The van der Waals surface area contributed by atoms with Crippen molar-refractivity contribution < 1.29 is 0 Å². The lowest BCUT2D eigenvalue weighted by Crippen LogP contribution is -1.82. The summed E-state index contributed by atoms with van der Waals surface area (Å²) in [6.45, 7) is 4.37. The maximum atomic E-state index is 3.19. The lowest BCUT2D eigenvalue weighted by Gasteiger charge is -1.96. The molecule has 1 aromatic rings. The molecule has 0 nitrogen and oxygen atoms in total. The van der Waals surface area contributed by atoms with E-state index in [1.54, 1.807) is 11.8 Å². The number of hydrogen-bond acceptors (Lipinski definition) is 1. The molecule has 0 aliphatic carbocycles. The predicted molar refractivity (Wildman–Crippen MR) is 64.6 cm³/mol. The van der Waals surface area contributed by atoms with Crippen molar-refractivity contribution in [2.45, 2.75) is 25.2 Å². The molecule has 0 radical (unpaired) electrons. The summed E-state index contributed by atoms with van der Waals surface area (Å²) in [6, 6.07) is 8.37. The molecule has 0 spiro atoms. The van der Waals surface area contributed by atoms with E-state index in [1.807, 2.05) is 0 Å². The molecule has 0 unspecified atom stereocenters. The Kier molecular flexibility index (Phi) is 4.62. The van der Waals surface area contributed by atoms with Gasteiger partial charge in [0.1, 0.15) is 0 Å². The number of rotatable bonds is 2. The van der Waals surface area contributed by atoms with Crippen LogP contribution in [0.1, 0.15) is 25.8 Å². The minimum absolute atomic E-state index is 0.659. The summed E-state index contributed by atoms with van der Waals surface area (Å²) in [6.07, 6.45) is 3.06. The Hall–Kier alpha value is -0.870. The van der Waals surface area contributed by atoms with Crippen LogP contribution >= 0.6 is 11.8 Å². The quantitative estimate of drug-likeness (QED) is 0.521. The van der Waals surface area contributed by atoms with Crippen molar-refractivity contribution in [3.8, 4) is 11.8 Å². The lowest BCUT2D eigenvalue weighted by atomic mass is 10.1. The van der Waals surface area contributed by atoms with Crippen LogP contribution in [0.5, 0.6) is 0 Å². The van der Waals surface area contributed by atoms with E-state index < -0.39 is 0 Å². The monoisotopic (exact) mass is 204 g/mol. The van der Waals surface area contributed by atoms with Gasteiger partial charge in [-0.15, -0.1) is 11.8 Å². The Bertz CT molecular complexity index is 342. The SMILES string of the molecule is CSc1cccc(C#CCC(C)C)c1. The fourth-order valence-electron chi connectivity index (χ4n) is 1.06. The smallest absolute Gasteiger partial charge is 0.0256 e. The normalized spacial score (nSPS) is 9.71. The van der Waals surface area contributed by atoms with E-state index in [4.69, 9.17) is 0 Å². The van der Waals surface area contributed by atoms with Gasteiger partial charge in [-0.25, -0.2) is 0 Å². The van der Waals surface area contributed by atoms with E-state index in [-0.39, 0.29) is 0 Å². The van der Waals surface area contributed by atoms with E-state index >= 15 is 0 Å². The molecule has 0 atom stereocenters. The Labute approximate surface area is 91.1 Å². The molecule has 0 saturated carbocycles. The van der Waals surface area contributed by atoms with Gasteiger partial charge in [0.2, 0.25) is 0 Å². The standard InChI is InChI=1S/C13H16S/c1-11(2)6-4-7-12-8-5-9-13(10-12)14-3/h5,8-11H,6H2,1-3H3. The zero-order valence-electron chi connectivity index (χ0n) is 9.00. The van der Waals surface area contributed by atoms with Gasteiger partial charge in [0, 0.05) is 16.9 Å². The molecule has 0 saturated heterocycles. The van der Waals surface area contributed by atoms with E-state index in [0.717, 1.165) is 12.0 Å². The first-order valence-electron chi connectivity index (χ1n) is 4.85. The van der Waals surface area contributed by atoms with Crippen LogP contribution in [0.15, 0.2) is 29.2 Å². The molecule has 14 heavy (non-hydrogen) atoms. The zero-order valence-corrected chi connectivity index (χ0v) is 9.82. The fourth-order valence-corrected chi connectivity index (χ4v) is 1.52. The predicted octanol–water partition coefficient (Wildman–Crippen LogP) is 3.81. The van der Waals surface area contributed by atoms with Crippen LogP contribution in [0.4, 0.5) is 0 Å². The zero-order chi connectivity index (χ0) is 10.4. The summed E-state index contributed by atoms with van der Waals surface area (Å²) in [5.41, 5.74) is 1.12. The third-order valence-corrected chi connectivity index (χ3v) is 2.54. The second-order valence-corrected chi connectivity index (χ2v) is 4.51. The van der Waals surface area contributed by atoms with Crippen molar-refractivity contribution >= 4 is 11.8 Å². The van der Waals surface area contributed by atoms with Gasteiger partial charge in [-0.3, -0.25) is 0 Å². The van der Waals surface area contributed by atoms with Gasteiger partial charge in [0.05, 0.1) is 0 Å². The van der Waals surface area contributed by atoms with Gasteiger partial charge in [-0.1, -0.05) is 31.8 Å². The van der Waals surface area contributed by atoms with Crippen molar-refractivity contribution in [3.63, 3.8) is 0 Å². The maximum absolute atomic E-state index is 3.19. The first-order valence-corrected chi connectivity index (χ1v) is 6.07. The van der Waals surface area contributed by atoms with Crippen LogP contribution in [0.3, 0.4) is 0 Å². The average molecular weight is 204 g/mol. The number of thioether (sulfide) groups is 1. The third kappa shape index (κ3) is 3.89. The van der Waals surface area contributed by atoms with E-state index in [2.05, 4.69) is 56.2 Å². The third-order valence-electron chi connectivity index (χ3n) is 1.81. The van der Waals surface area contributed by atoms with Gasteiger partial charge in [-0.05, 0) is 30.4 Å². The molecule has 0 fully saturated rings. The highest BCUT2D eigenvalue weighted by molar-refractivity contribution is 7.98. The van der Waals surface area contributed by atoms with Crippen molar-refractivity contribution in [3.05, 3.63) is 29.8 Å². The Balaban J connectivity index is 2.69. The summed E-state index contributed by atoms with van der Waals surface area (Å²) >= 11 is 1.75. The van der Waals surface area contributed by atoms with Gasteiger partial charge < -0.3 is 0 Å². The van der Waals surface area contributed by atoms with Crippen molar-refractivity contribution in [1.29, 1.82) is 0 Å². The molecular weight excluding hydrogens is 188 g/mol. The largest absolute Gasteiger partial charge is 0.130 e. The minimum atomic E-state index is 0.659. The van der Waals surface area contributed by atoms with Crippen LogP contribution in [-0.4, -0.2) is 6.26 Å². The minimum Gasteiger partial charge on any atom is -0.130 e. The Morgan fingerprint density at radius 1 is 1.36 bits per heavy atom. The van der Waals surface area contributed by atoms with Crippen LogP contribution in [-0.2, 0) is 0 Å². The number of hydrogen-bond donors (Lipinski definition) is 0. The van der Waals surface area contributed by atoms with Crippen LogP contribution in [0, 0.1) is 17.8 Å². The van der Waals surface area contributed by atoms with Crippen molar-refractivity contribution in [2.75, 3.05) is 6.26 Å². The Morgan fingerprint density at radius 2 is 2.14 bits per heavy atom. The second kappa shape index (κ2) is 5.78. The molecule has 1 heteroatoms. The first-order chi connectivity index (χ1) is 6.72. The summed E-state index contributed by atoms with van der Waals surface area (Å²) in [4.78, 5) is 1.28. The molecule has 1 aromatic carbocycles. The highest BCUT2D eigenvalue weighted by atomic mass is 32.2. The van der Waals surface area contributed by atoms with Gasteiger partial charge in [-0.2, -0.15) is 0 Å². The molecule has 0 heterocycles. The average Bonchev–Trinajstić information content (AvgIpc) is 2.18. The molecule has 0 aliphatic rings. The molecule has 0 aromatic heterocycles. The van der Waals surface area contributed by atoms with E-state index in [0.29, 0.717) is 5.92 Å². The molecule has 74 valence electrons. The van der Waals surface area contributed by atoms with Crippen LogP contribution in [0.25, 0.3) is 0 Å².